The summed E-state index contributed by atoms with van der Waals surface area (Å²) in [6.07, 6.45) is -1.28. The number of non-ortho nitro benzene ring substituents is 2. The van der Waals surface area contributed by atoms with Crippen LogP contribution in [0.2, 0.25) is 0 Å². The fraction of sp³-hybridized carbons (Fsp3) is 0.167. The number of benzene rings is 2. The number of imide groups is 1. The third-order valence-corrected chi connectivity index (χ3v) is 4.78. The Morgan fingerprint density at radius 1 is 1.03 bits per heavy atom. The van der Waals surface area contributed by atoms with Gasteiger partial charge in [-0.2, -0.15) is 0 Å². The number of rotatable bonds is 5. The zero-order chi connectivity index (χ0) is 21.6. The molecule has 0 radical (unpaired) electrons. The molecule has 2 aromatic rings. The second-order valence-corrected chi connectivity index (χ2v) is 6.41. The van der Waals surface area contributed by atoms with Crippen LogP contribution < -0.4 is 9.64 Å². The van der Waals surface area contributed by atoms with E-state index in [1.807, 2.05) is 0 Å². The lowest BCUT2D eigenvalue weighted by molar-refractivity contribution is -0.385. The van der Waals surface area contributed by atoms with Crippen molar-refractivity contribution in [2.24, 2.45) is 11.1 Å². The van der Waals surface area contributed by atoms with Gasteiger partial charge < -0.3 is 9.57 Å². The Kier molecular flexibility index (Phi) is 4.38. The highest BCUT2D eigenvalue weighted by atomic mass is 16.7. The Labute approximate surface area is 167 Å². The monoisotopic (exact) mass is 412 g/mol. The standard InChI is InChI=1S/C18H12N4O8/c1-29-13-6-5-11(22(27)28)8-12(13)20-17(23)14-15(19-30-16(14)18(20)24)9-3-2-4-10(7-9)21(25)26/h2-8,14,16H,1H3/t14-,16-/m1/s1. The summed E-state index contributed by atoms with van der Waals surface area (Å²) in [6.45, 7) is 0. The van der Waals surface area contributed by atoms with E-state index in [1.165, 1.54) is 43.5 Å². The minimum Gasteiger partial charge on any atom is -0.495 e. The third kappa shape index (κ3) is 2.82. The highest BCUT2D eigenvalue weighted by Crippen LogP contribution is 2.40. The Bertz CT molecular complexity index is 1140. The number of oxime groups is 1. The Hall–Kier alpha value is -4.35. The van der Waals surface area contributed by atoms with Gasteiger partial charge in [-0.3, -0.25) is 29.8 Å². The summed E-state index contributed by atoms with van der Waals surface area (Å²) in [6, 6.07) is 8.94. The van der Waals surface area contributed by atoms with Crippen molar-refractivity contribution >= 4 is 34.6 Å². The topological polar surface area (TPSA) is 154 Å². The van der Waals surface area contributed by atoms with Gasteiger partial charge in [-0.15, -0.1) is 0 Å². The predicted octanol–water partition coefficient (Wildman–Crippen LogP) is 1.80. The summed E-state index contributed by atoms with van der Waals surface area (Å²) in [5.41, 5.74) is -0.331. The number of hydrogen-bond acceptors (Lipinski definition) is 9. The molecule has 2 amide bonds. The molecule has 12 heteroatoms. The Morgan fingerprint density at radius 2 is 1.73 bits per heavy atom. The summed E-state index contributed by atoms with van der Waals surface area (Å²) in [5, 5.41) is 26.0. The van der Waals surface area contributed by atoms with Crippen LogP contribution in [0.3, 0.4) is 0 Å². The molecule has 2 aliphatic heterocycles. The number of nitro benzene ring substituents is 2. The fourth-order valence-electron chi connectivity index (χ4n) is 3.40. The minimum atomic E-state index is -1.28. The highest BCUT2D eigenvalue weighted by Gasteiger charge is 2.57. The molecule has 2 atom stereocenters. The van der Waals surface area contributed by atoms with Crippen molar-refractivity contribution < 1.29 is 29.0 Å². The summed E-state index contributed by atoms with van der Waals surface area (Å²) in [4.78, 5) is 52.8. The number of ether oxygens (including phenoxy) is 1. The summed E-state index contributed by atoms with van der Waals surface area (Å²) in [7, 11) is 1.29. The molecule has 1 fully saturated rings. The average Bonchev–Trinajstić information content (AvgIpc) is 3.28. The molecule has 2 heterocycles. The number of methoxy groups -OCH3 is 1. The van der Waals surface area contributed by atoms with E-state index in [2.05, 4.69) is 5.16 Å². The van der Waals surface area contributed by atoms with Crippen LogP contribution in [0.5, 0.6) is 5.75 Å². The molecule has 0 aliphatic carbocycles. The van der Waals surface area contributed by atoms with Gasteiger partial charge in [0, 0.05) is 29.8 Å². The third-order valence-electron chi connectivity index (χ3n) is 4.78. The van der Waals surface area contributed by atoms with Gasteiger partial charge in [-0.05, 0) is 6.07 Å². The largest absolute Gasteiger partial charge is 0.495 e. The first kappa shape index (κ1) is 19.0. The normalized spacial score (nSPS) is 19.9. The van der Waals surface area contributed by atoms with E-state index in [4.69, 9.17) is 9.57 Å². The van der Waals surface area contributed by atoms with Crippen LogP contribution in [0, 0.1) is 26.1 Å². The van der Waals surface area contributed by atoms with Crippen LogP contribution >= 0.6 is 0 Å². The molecule has 2 aliphatic rings. The number of carbonyl (C=O) groups is 2. The second-order valence-electron chi connectivity index (χ2n) is 6.41. The molecule has 0 N–H and O–H groups in total. The lowest BCUT2D eigenvalue weighted by atomic mass is 9.94. The van der Waals surface area contributed by atoms with Gasteiger partial charge in [0.2, 0.25) is 12.0 Å². The van der Waals surface area contributed by atoms with Gasteiger partial charge in [-0.1, -0.05) is 17.3 Å². The van der Waals surface area contributed by atoms with E-state index in [9.17, 15) is 29.8 Å². The first-order valence-electron chi connectivity index (χ1n) is 8.52. The van der Waals surface area contributed by atoms with Crippen molar-refractivity contribution in [3.63, 3.8) is 0 Å². The molecule has 4 rings (SSSR count). The molecule has 152 valence electrons. The van der Waals surface area contributed by atoms with Gasteiger partial charge in [0.05, 0.1) is 17.0 Å². The molecular formula is C18H12N4O8. The quantitative estimate of drug-likeness (QED) is 0.409. The molecule has 0 bridgehead atoms. The molecule has 12 nitrogen and oxygen atoms in total. The first-order valence-corrected chi connectivity index (χ1v) is 8.52. The number of carbonyl (C=O) groups excluding carboxylic acids is 2. The Balaban J connectivity index is 1.75. The summed E-state index contributed by atoms with van der Waals surface area (Å²) < 4.78 is 5.15. The van der Waals surface area contributed by atoms with Gasteiger partial charge >= 0.3 is 0 Å². The van der Waals surface area contributed by atoms with E-state index in [-0.39, 0.29) is 34.1 Å². The zero-order valence-corrected chi connectivity index (χ0v) is 15.3. The van der Waals surface area contributed by atoms with E-state index < -0.39 is 33.7 Å². The minimum absolute atomic E-state index is 0.0638. The van der Waals surface area contributed by atoms with Gasteiger partial charge in [-0.25, -0.2) is 4.90 Å². The van der Waals surface area contributed by atoms with Crippen LogP contribution in [0.15, 0.2) is 47.6 Å². The van der Waals surface area contributed by atoms with Crippen LogP contribution in [-0.4, -0.2) is 40.6 Å². The van der Waals surface area contributed by atoms with Crippen molar-refractivity contribution in [3.05, 3.63) is 68.3 Å². The van der Waals surface area contributed by atoms with Crippen LogP contribution in [0.25, 0.3) is 0 Å². The van der Waals surface area contributed by atoms with Crippen LogP contribution in [0.1, 0.15) is 5.56 Å². The lowest BCUT2D eigenvalue weighted by Crippen LogP contribution is -2.33. The maximum absolute atomic E-state index is 13.1. The highest BCUT2D eigenvalue weighted by molar-refractivity contribution is 6.33. The van der Waals surface area contributed by atoms with Crippen LogP contribution in [-0.2, 0) is 14.4 Å². The van der Waals surface area contributed by atoms with Crippen molar-refractivity contribution in [1.29, 1.82) is 0 Å². The molecule has 0 saturated carbocycles. The molecule has 1 saturated heterocycles. The molecule has 30 heavy (non-hydrogen) atoms. The molecular weight excluding hydrogens is 400 g/mol. The maximum Gasteiger partial charge on any atom is 0.279 e. The fourth-order valence-corrected chi connectivity index (χ4v) is 3.40. The number of nitro groups is 2. The average molecular weight is 412 g/mol. The van der Waals surface area contributed by atoms with Crippen molar-refractivity contribution in [2.75, 3.05) is 12.0 Å². The van der Waals surface area contributed by atoms with E-state index in [0.29, 0.717) is 0 Å². The molecule has 0 unspecified atom stereocenters. The summed E-state index contributed by atoms with van der Waals surface area (Å²) >= 11 is 0. The van der Waals surface area contributed by atoms with Crippen LogP contribution in [0.4, 0.5) is 17.1 Å². The van der Waals surface area contributed by atoms with Crippen molar-refractivity contribution in [1.82, 2.24) is 0 Å². The van der Waals surface area contributed by atoms with Crippen molar-refractivity contribution in [2.45, 2.75) is 6.10 Å². The second kappa shape index (κ2) is 6.92. The van der Waals surface area contributed by atoms with Crippen molar-refractivity contribution in [3.8, 4) is 5.75 Å². The number of hydrogen-bond donors (Lipinski definition) is 0. The van der Waals surface area contributed by atoms with E-state index in [1.54, 1.807) is 0 Å². The van der Waals surface area contributed by atoms with E-state index in [0.717, 1.165) is 11.0 Å². The summed E-state index contributed by atoms with van der Waals surface area (Å²) in [5.74, 6) is -2.57. The first-order chi connectivity index (χ1) is 14.3. The number of nitrogens with zero attached hydrogens (tertiary/aromatic N) is 4. The zero-order valence-electron chi connectivity index (χ0n) is 15.3. The molecule has 0 aromatic heterocycles. The maximum atomic E-state index is 13.1. The number of anilines is 1. The van der Waals surface area contributed by atoms with E-state index >= 15 is 0 Å². The predicted molar refractivity (Wildman–Crippen MR) is 100 cm³/mol. The number of amides is 2. The SMILES string of the molecule is COc1ccc([N+](=O)[O-])cc1N1C(=O)[C@@H]2C(c3cccc([N+](=O)[O-])c3)=NO[C@H]2C1=O. The van der Waals surface area contributed by atoms with Gasteiger partial charge in [0.25, 0.3) is 17.3 Å². The van der Waals surface area contributed by atoms with Gasteiger partial charge in [0.15, 0.2) is 0 Å². The van der Waals surface area contributed by atoms with Gasteiger partial charge in [0.1, 0.15) is 23.1 Å². The lowest BCUT2D eigenvalue weighted by Gasteiger charge is -2.18. The smallest absolute Gasteiger partial charge is 0.279 e. The number of fused-ring (bicyclic) bond motifs is 1. The Morgan fingerprint density at radius 3 is 2.40 bits per heavy atom. The molecule has 0 spiro atoms. The molecule has 2 aromatic carbocycles.